The number of amidine groups is 1. The Labute approximate surface area is 183 Å². The zero-order chi connectivity index (χ0) is 22.0. The first-order valence-corrected chi connectivity index (χ1v) is 11.5. The summed E-state index contributed by atoms with van der Waals surface area (Å²) in [6, 6.07) is 8.30. The molecule has 1 aromatic carbocycles. The Morgan fingerprint density at radius 3 is 2.71 bits per heavy atom. The molecule has 0 saturated carbocycles. The number of aryl methyl sites for hydroxylation is 1. The normalized spacial score (nSPS) is 21.9. The molecule has 2 aliphatic rings. The number of nitrogens with one attached hydrogen (secondary N) is 1. The lowest BCUT2D eigenvalue weighted by atomic mass is 10.1. The fraction of sp³-hybridized carbons (Fsp3) is 0.542. The van der Waals surface area contributed by atoms with Gasteiger partial charge in [0.25, 0.3) is 0 Å². The van der Waals surface area contributed by atoms with Crippen LogP contribution in [0.5, 0.6) is 0 Å². The number of rotatable bonds is 6. The zero-order valence-corrected chi connectivity index (χ0v) is 18.6. The maximum Gasteiger partial charge on any atom is 0.245 e. The lowest BCUT2D eigenvalue weighted by Crippen LogP contribution is -2.48. The number of carbonyl (C=O) groups is 2. The minimum atomic E-state index is -0.264. The smallest absolute Gasteiger partial charge is 0.245 e. The van der Waals surface area contributed by atoms with Crippen LogP contribution in [0.1, 0.15) is 57.2 Å². The van der Waals surface area contributed by atoms with E-state index in [1.165, 1.54) is 5.69 Å². The Bertz CT molecular complexity index is 995. The number of H-pyrrole nitrogens is 1. The molecule has 166 valence electrons. The molecular formula is C24H33N5O2. The number of likely N-dealkylation sites (tertiary alicyclic amines) is 2. The number of nitrogens with zero attached hydrogens (tertiary/aromatic N) is 3. The second-order valence-corrected chi connectivity index (χ2v) is 8.69. The molecule has 2 aromatic rings. The number of nitrogens with two attached hydrogens (primary N) is 1. The zero-order valence-electron chi connectivity index (χ0n) is 18.6. The fourth-order valence-electron chi connectivity index (χ4n) is 5.08. The van der Waals surface area contributed by atoms with E-state index in [2.05, 4.69) is 28.2 Å². The van der Waals surface area contributed by atoms with Crippen LogP contribution in [0, 0.1) is 0 Å². The summed E-state index contributed by atoms with van der Waals surface area (Å²) < 4.78 is 0. The lowest BCUT2D eigenvalue weighted by Gasteiger charge is -2.31. The Morgan fingerprint density at radius 1 is 1.16 bits per heavy atom. The van der Waals surface area contributed by atoms with Crippen molar-refractivity contribution in [2.75, 3.05) is 19.6 Å². The van der Waals surface area contributed by atoms with E-state index >= 15 is 0 Å². The van der Waals surface area contributed by atoms with E-state index in [0.717, 1.165) is 61.5 Å². The van der Waals surface area contributed by atoms with Crippen LogP contribution in [-0.2, 0) is 16.0 Å². The van der Waals surface area contributed by atoms with Crippen LogP contribution in [0.2, 0.25) is 0 Å². The topological polar surface area (TPSA) is 94.8 Å². The molecule has 0 spiro atoms. The van der Waals surface area contributed by atoms with Crippen LogP contribution in [0.25, 0.3) is 10.9 Å². The van der Waals surface area contributed by atoms with Gasteiger partial charge in [0.05, 0.1) is 0 Å². The summed E-state index contributed by atoms with van der Waals surface area (Å²) in [4.78, 5) is 36.7. The van der Waals surface area contributed by atoms with Gasteiger partial charge in [-0.05, 0) is 63.0 Å². The van der Waals surface area contributed by atoms with Gasteiger partial charge < -0.3 is 20.5 Å². The molecule has 2 amide bonds. The minimum Gasteiger partial charge on any atom is -0.384 e. The van der Waals surface area contributed by atoms with Gasteiger partial charge in [-0.15, -0.1) is 0 Å². The molecule has 0 bridgehead atoms. The van der Waals surface area contributed by atoms with Gasteiger partial charge in [0.2, 0.25) is 11.8 Å². The summed E-state index contributed by atoms with van der Waals surface area (Å²) in [5.41, 5.74) is 9.20. The molecule has 7 nitrogen and oxygen atoms in total. The fourth-order valence-corrected chi connectivity index (χ4v) is 5.08. The molecule has 4 rings (SSSR count). The van der Waals surface area contributed by atoms with Crippen LogP contribution in [0.4, 0.5) is 0 Å². The van der Waals surface area contributed by atoms with Gasteiger partial charge >= 0.3 is 0 Å². The minimum absolute atomic E-state index is 0.00802. The lowest BCUT2D eigenvalue weighted by molar-refractivity contribution is -0.143. The Kier molecular flexibility index (Phi) is 6.30. The number of fused-ring (bicyclic) bond motifs is 1. The number of aromatic amines is 1. The van der Waals surface area contributed by atoms with Gasteiger partial charge in [0.15, 0.2) is 0 Å². The van der Waals surface area contributed by atoms with Gasteiger partial charge in [-0.25, -0.2) is 0 Å². The predicted octanol–water partition coefficient (Wildman–Crippen LogP) is 2.83. The molecule has 0 aliphatic carbocycles. The molecule has 0 unspecified atom stereocenters. The van der Waals surface area contributed by atoms with E-state index in [9.17, 15) is 9.59 Å². The summed E-state index contributed by atoms with van der Waals surface area (Å²) in [6.07, 6.45) is 5.59. The number of hydrogen-bond acceptors (Lipinski definition) is 3. The molecule has 2 fully saturated rings. The van der Waals surface area contributed by atoms with Crippen molar-refractivity contribution in [2.45, 2.75) is 64.5 Å². The highest BCUT2D eigenvalue weighted by molar-refractivity contribution is 6.00. The third kappa shape index (κ3) is 4.45. The van der Waals surface area contributed by atoms with Crippen molar-refractivity contribution in [1.29, 1.82) is 0 Å². The van der Waals surface area contributed by atoms with Gasteiger partial charge in [0.1, 0.15) is 11.9 Å². The first kappa shape index (κ1) is 21.4. The first-order valence-electron chi connectivity index (χ1n) is 11.5. The van der Waals surface area contributed by atoms with Crippen LogP contribution >= 0.6 is 0 Å². The molecule has 0 radical (unpaired) electrons. The molecule has 1 aromatic heterocycles. The van der Waals surface area contributed by atoms with Crippen molar-refractivity contribution >= 4 is 28.6 Å². The van der Waals surface area contributed by atoms with Crippen LogP contribution in [0.3, 0.4) is 0 Å². The number of carbonyl (C=O) groups excluding carboxylic acids is 2. The molecule has 31 heavy (non-hydrogen) atoms. The molecular weight excluding hydrogens is 390 g/mol. The molecule has 2 saturated heterocycles. The molecule has 3 N–H and O–H groups in total. The third-order valence-electron chi connectivity index (χ3n) is 6.65. The molecule has 2 aliphatic heterocycles. The van der Waals surface area contributed by atoms with E-state index in [4.69, 9.17) is 5.73 Å². The van der Waals surface area contributed by atoms with Crippen molar-refractivity contribution < 1.29 is 9.59 Å². The van der Waals surface area contributed by atoms with Gasteiger partial charge in [-0.3, -0.25) is 14.6 Å². The summed E-state index contributed by atoms with van der Waals surface area (Å²) in [7, 11) is 0. The Hall–Kier alpha value is -2.83. The first-order chi connectivity index (χ1) is 15.0. The number of aromatic nitrogens is 1. The average Bonchev–Trinajstić information content (AvgIpc) is 3.50. The van der Waals surface area contributed by atoms with E-state index in [-0.39, 0.29) is 23.9 Å². The van der Waals surface area contributed by atoms with Crippen LogP contribution < -0.4 is 5.73 Å². The molecule has 7 heteroatoms. The standard InChI is InChI=1S/C24H33N5O2/c1-3-26-23(25)18-9-8-17-14-19(27-21(17)15-18)10-11-20-6-4-13-29(20)24(31)22-7-5-12-28(22)16(2)30/h8-9,14-15,20,22,27H,3-7,10-13H2,1-2H3,(H2,25,26)/t20-,22+/m0/s1. The highest BCUT2D eigenvalue weighted by atomic mass is 16.2. The highest BCUT2D eigenvalue weighted by Crippen LogP contribution is 2.27. The van der Waals surface area contributed by atoms with E-state index < -0.39 is 0 Å². The third-order valence-corrected chi connectivity index (χ3v) is 6.65. The molecule has 2 atom stereocenters. The Morgan fingerprint density at radius 2 is 1.94 bits per heavy atom. The van der Waals surface area contributed by atoms with Gasteiger partial charge in [-0.2, -0.15) is 0 Å². The van der Waals surface area contributed by atoms with Gasteiger partial charge in [-0.1, -0.05) is 12.1 Å². The maximum atomic E-state index is 13.2. The van der Waals surface area contributed by atoms with Crippen molar-refractivity contribution in [3.8, 4) is 0 Å². The largest absolute Gasteiger partial charge is 0.384 e. The van der Waals surface area contributed by atoms with E-state index in [1.54, 1.807) is 11.8 Å². The highest BCUT2D eigenvalue weighted by Gasteiger charge is 2.38. The maximum absolute atomic E-state index is 13.2. The van der Waals surface area contributed by atoms with Crippen molar-refractivity contribution in [1.82, 2.24) is 14.8 Å². The second kappa shape index (κ2) is 9.12. The predicted molar refractivity (Wildman–Crippen MR) is 123 cm³/mol. The summed E-state index contributed by atoms with van der Waals surface area (Å²) in [5.74, 6) is 0.711. The summed E-state index contributed by atoms with van der Waals surface area (Å²) in [6.45, 7) is 5.71. The number of benzene rings is 1. The van der Waals surface area contributed by atoms with E-state index in [1.807, 2.05) is 17.9 Å². The van der Waals surface area contributed by atoms with Crippen LogP contribution in [0.15, 0.2) is 29.3 Å². The number of aliphatic imine (C=N–C) groups is 1. The van der Waals surface area contributed by atoms with Gasteiger partial charge in [0, 0.05) is 49.4 Å². The summed E-state index contributed by atoms with van der Waals surface area (Å²) in [5, 5.41) is 1.16. The number of amides is 2. The SMILES string of the molecule is CCN=C(N)c1ccc2cc(CC[C@@H]3CCCN3C(=O)[C@H]3CCCN3C(C)=O)[nH]c2c1. The average molecular weight is 424 g/mol. The number of hydrogen-bond donors (Lipinski definition) is 2. The quantitative estimate of drug-likeness (QED) is 0.552. The van der Waals surface area contributed by atoms with Crippen LogP contribution in [-0.4, -0.2) is 64.2 Å². The molecule has 3 heterocycles. The van der Waals surface area contributed by atoms with Crippen molar-refractivity contribution in [3.05, 3.63) is 35.5 Å². The second-order valence-electron chi connectivity index (χ2n) is 8.69. The van der Waals surface area contributed by atoms with Crippen molar-refractivity contribution in [2.24, 2.45) is 10.7 Å². The van der Waals surface area contributed by atoms with Crippen molar-refractivity contribution in [3.63, 3.8) is 0 Å². The summed E-state index contributed by atoms with van der Waals surface area (Å²) >= 11 is 0. The monoisotopic (exact) mass is 423 g/mol. The Balaban J connectivity index is 1.42. The van der Waals surface area contributed by atoms with E-state index in [0.29, 0.717) is 18.9 Å².